The number of carbonyl (C=O) groups excluding carboxylic acids is 4. The van der Waals surface area contributed by atoms with Crippen molar-refractivity contribution in [3.63, 3.8) is 0 Å². The quantitative estimate of drug-likeness (QED) is 0.0199. The van der Waals surface area contributed by atoms with E-state index in [1.807, 2.05) is 219 Å². The maximum absolute atomic E-state index is 12.6. The molecule has 710 valence electrons. The van der Waals surface area contributed by atoms with Gasteiger partial charge in [0, 0.05) is 120 Å². The number of nitrogens with one attached hydrogen (secondary N) is 7. The van der Waals surface area contributed by atoms with E-state index < -0.39 is 18.3 Å². The standard InChI is InChI=1S/C24H22N4O2S.C23H21N3S.2C21H24N4O2S.C18H18N4O2S/c1-28(19-8-3-2-4-9-19)23(30)15-20-10-11-22(31-20)21-12-13-25-24(27-21)26-18-7-5-6-17(14-18)16-29;1-15-6-4-9-19(12-15)25-23-24-11-10-20(26-23)21-13-18(14-27-21)22-16(2)7-5-8-17(22)3;1-13(2)11-23-20(27)16-10-19(28-12-16)18-7-8-22-21(25-18)24-17-6-4-5-15(9-17)14(3)26;1-4-25(5-2)20(27)16-12-19(28-13-16)18-9-10-22-21(24-18)23-17-8-6-7-15(11-17)14(3)26;1-11(23)12-4-3-5-14(8-12)21-18-20-7-6-15(22-18)16-9-13(10-25-16)17(24)19-2/h2-14,29H,15-16H2,1H3,(H,25,26,27);4-14H,1-3H3,(H,24,25,26);4-10,12-14,26H,11H2,1-3H3,(H,23,27)(H,22,24,25);6-14,26H,4-5H2,1-3H3,(H,22,23,24);3-11,23H,1-2H3,(H,19,24)(H,20,21,22). The second kappa shape index (κ2) is 49.8. The molecule has 3 atom stereocenters. The van der Waals surface area contributed by atoms with Crippen molar-refractivity contribution in [2.45, 2.75) is 101 Å². The third kappa shape index (κ3) is 29.1. The van der Waals surface area contributed by atoms with Gasteiger partial charge in [-0.1, -0.05) is 111 Å². The van der Waals surface area contributed by atoms with Crippen molar-refractivity contribution < 1.29 is 39.6 Å². The molecule has 0 aliphatic carbocycles. The minimum atomic E-state index is -0.541. The first kappa shape index (κ1) is 102. The number of para-hydroxylation sites is 1. The predicted octanol–water partition coefficient (Wildman–Crippen LogP) is 23.4. The average molecular weight is 1950 g/mol. The highest BCUT2D eigenvalue weighted by atomic mass is 32.1. The van der Waals surface area contributed by atoms with E-state index in [0.717, 1.165) is 114 Å². The zero-order valence-electron chi connectivity index (χ0n) is 78.9. The largest absolute Gasteiger partial charge is 0.392 e. The zero-order chi connectivity index (χ0) is 98.4. The normalized spacial score (nSPS) is 11.4. The molecule has 10 heterocycles. The summed E-state index contributed by atoms with van der Waals surface area (Å²) in [5.74, 6) is 2.75. The maximum Gasteiger partial charge on any atom is 0.254 e. The van der Waals surface area contributed by atoms with Gasteiger partial charge in [0.25, 0.3) is 17.7 Å². The Bertz CT molecular complexity index is 6960. The molecule has 0 radical (unpaired) electrons. The van der Waals surface area contributed by atoms with E-state index >= 15 is 0 Å². The van der Waals surface area contributed by atoms with Crippen LogP contribution in [0.1, 0.15) is 142 Å². The van der Waals surface area contributed by atoms with E-state index in [9.17, 15) is 39.6 Å². The number of carbonyl (C=O) groups is 4. The fraction of sp³-hybridized carbons (Fsp3) is 0.196. The lowest BCUT2D eigenvalue weighted by Gasteiger charge is -2.17. The van der Waals surface area contributed by atoms with Crippen molar-refractivity contribution in [1.82, 2.24) is 65.4 Å². The monoisotopic (exact) mass is 1950 g/mol. The van der Waals surface area contributed by atoms with Crippen molar-refractivity contribution >= 4 is 144 Å². The number of rotatable bonds is 30. The number of nitrogens with zero attached hydrogens (tertiary/aromatic N) is 12. The number of anilines is 11. The average Bonchev–Trinajstić information content (AvgIpc) is 1.89. The van der Waals surface area contributed by atoms with E-state index in [0.29, 0.717) is 78.4 Å². The van der Waals surface area contributed by atoms with Crippen LogP contribution in [0.4, 0.5) is 63.9 Å². The molecule has 11 N–H and O–H groups in total. The second-order valence-electron chi connectivity index (χ2n) is 32.5. The Labute approximate surface area is 828 Å². The summed E-state index contributed by atoms with van der Waals surface area (Å²) in [7, 11) is 3.40. The number of thiophene rings is 5. The van der Waals surface area contributed by atoms with Crippen molar-refractivity contribution in [3.05, 3.63) is 350 Å². The predicted molar refractivity (Wildman–Crippen MR) is 564 cm³/mol. The second-order valence-corrected chi connectivity index (χ2v) is 37.4. The van der Waals surface area contributed by atoms with Crippen LogP contribution < -0.4 is 42.1 Å². The number of hydrogen-bond donors (Lipinski definition) is 11. The molecule has 0 aliphatic heterocycles. The van der Waals surface area contributed by atoms with E-state index in [-0.39, 0.29) is 30.2 Å². The van der Waals surface area contributed by atoms with Crippen LogP contribution in [-0.2, 0) is 17.8 Å². The lowest BCUT2D eigenvalue weighted by molar-refractivity contribution is -0.117. The number of amides is 4. The summed E-state index contributed by atoms with van der Waals surface area (Å²) in [6.45, 7) is 21.6. The lowest BCUT2D eigenvalue weighted by Crippen LogP contribution is -2.30. The van der Waals surface area contributed by atoms with Gasteiger partial charge in [-0.15, -0.1) is 56.7 Å². The highest BCUT2D eigenvalue weighted by molar-refractivity contribution is 7.16. The number of aliphatic hydroxyl groups is 4. The van der Waals surface area contributed by atoms with Crippen molar-refractivity contribution in [3.8, 4) is 64.0 Å². The SMILES string of the molecule is CC(C)CNC(=O)c1csc(-c2ccnc(Nc3cccc(C(C)O)c3)n2)c1.CCN(CC)C(=O)c1csc(-c2ccnc(Nc3cccc(C(C)O)c3)n2)c1.CN(C(=O)Cc1ccc(-c2ccnc(Nc3cccc(CO)c3)n2)s1)c1ccccc1.CNC(=O)c1csc(-c2ccnc(Nc3cccc(C(C)O)c3)n2)c1.Cc1cccc(Nc2nccc(-c3cc(-c4c(C)cccc4C)cs3)n2)c1. The summed E-state index contributed by atoms with van der Waals surface area (Å²) >= 11 is 7.69. The number of aromatic nitrogens is 10. The molecule has 32 heteroatoms. The number of aryl methyl sites for hydroxylation is 3. The number of likely N-dealkylation sites (N-methyl/N-ethyl adjacent to an activating group) is 1. The highest BCUT2D eigenvalue weighted by Gasteiger charge is 2.21. The number of aliphatic hydroxyl groups excluding tert-OH is 4. The molecule has 17 rings (SSSR count). The van der Waals surface area contributed by atoms with E-state index in [2.05, 4.69) is 158 Å². The van der Waals surface area contributed by atoms with Crippen LogP contribution in [-0.4, -0.2) is 133 Å². The van der Waals surface area contributed by atoms with E-state index in [1.165, 1.54) is 61.8 Å². The molecule has 7 aromatic carbocycles. The Morgan fingerprint density at radius 2 is 0.791 bits per heavy atom. The molecule has 0 spiro atoms. The van der Waals surface area contributed by atoms with Crippen molar-refractivity contribution in [2.24, 2.45) is 5.92 Å². The third-order valence-electron chi connectivity index (χ3n) is 21.4. The molecule has 4 amide bonds. The van der Waals surface area contributed by atoms with Crippen LogP contribution in [0, 0.1) is 26.7 Å². The first-order valence-corrected chi connectivity index (χ1v) is 49.3. The van der Waals surface area contributed by atoms with Crippen LogP contribution in [0.3, 0.4) is 0 Å². The molecule has 0 aliphatic rings. The molecule has 17 aromatic rings. The Hall–Kier alpha value is -14.8. The lowest BCUT2D eigenvalue weighted by atomic mass is 9.98. The molecule has 0 fully saturated rings. The van der Waals surface area contributed by atoms with Gasteiger partial charge in [0.15, 0.2) is 0 Å². The van der Waals surface area contributed by atoms with Crippen LogP contribution in [0.15, 0.2) is 289 Å². The van der Waals surface area contributed by atoms with Crippen molar-refractivity contribution in [2.75, 3.05) is 65.2 Å². The summed E-state index contributed by atoms with van der Waals surface area (Å²) in [6.07, 6.45) is 7.26. The van der Waals surface area contributed by atoms with Gasteiger partial charge in [0.1, 0.15) is 0 Å². The van der Waals surface area contributed by atoms with Gasteiger partial charge >= 0.3 is 0 Å². The highest BCUT2D eigenvalue weighted by Crippen LogP contribution is 2.38. The van der Waals surface area contributed by atoms with Gasteiger partial charge < -0.3 is 67.4 Å². The topological polar surface area (TPSA) is 369 Å². The fourth-order valence-electron chi connectivity index (χ4n) is 14.1. The molecule has 0 saturated heterocycles. The summed E-state index contributed by atoms with van der Waals surface area (Å²) in [6, 6.07) is 75.1. The van der Waals surface area contributed by atoms with Gasteiger partial charge in [0.05, 0.1) is 101 Å². The van der Waals surface area contributed by atoms with Crippen molar-refractivity contribution in [1.29, 1.82) is 0 Å². The van der Waals surface area contributed by atoms with Crippen LogP contribution in [0.5, 0.6) is 0 Å². The van der Waals surface area contributed by atoms with E-state index in [4.69, 9.17) is 4.98 Å². The van der Waals surface area contributed by atoms with Gasteiger partial charge in [0.2, 0.25) is 35.6 Å². The third-order valence-corrected chi connectivity index (χ3v) is 26.4. The Morgan fingerprint density at radius 1 is 0.403 bits per heavy atom. The van der Waals surface area contributed by atoms with Crippen LogP contribution in [0.25, 0.3) is 64.0 Å². The fourth-order valence-corrected chi connectivity index (χ4v) is 18.5. The molecular weight excluding hydrogens is 1840 g/mol. The zero-order valence-corrected chi connectivity index (χ0v) is 83.0. The molecule has 10 aromatic heterocycles. The molecule has 0 saturated carbocycles. The first-order chi connectivity index (χ1) is 67.2. The summed E-state index contributed by atoms with van der Waals surface area (Å²) in [5, 5.41) is 67.7. The number of hydrogen-bond acceptors (Lipinski definition) is 28. The molecule has 139 heavy (non-hydrogen) atoms. The Kier molecular flexibility index (Phi) is 36.4. The summed E-state index contributed by atoms with van der Waals surface area (Å²) in [5.41, 5.74) is 20.6. The van der Waals surface area contributed by atoms with Gasteiger partial charge in [-0.3, -0.25) is 19.2 Å². The minimum Gasteiger partial charge on any atom is -0.392 e. The Morgan fingerprint density at radius 3 is 1.22 bits per heavy atom. The summed E-state index contributed by atoms with van der Waals surface area (Å²) < 4.78 is 0. The maximum atomic E-state index is 12.6. The first-order valence-electron chi connectivity index (χ1n) is 45.0. The molecule has 0 bridgehead atoms. The van der Waals surface area contributed by atoms with Gasteiger partial charge in [-0.25, -0.2) is 49.8 Å². The molecular formula is C107H109N19O8S5. The summed E-state index contributed by atoms with van der Waals surface area (Å²) in [4.78, 5) is 103. The molecule has 27 nitrogen and oxygen atoms in total. The van der Waals surface area contributed by atoms with Crippen LogP contribution >= 0.6 is 56.7 Å². The Balaban J connectivity index is 0.000000147. The van der Waals surface area contributed by atoms with Crippen LogP contribution in [0.2, 0.25) is 0 Å². The van der Waals surface area contributed by atoms with E-state index in [1.54, 1.807) is 110 Å². The van der Waals surface area contributed by atoms with Gasteiger partial charge in [-0.2, -0.15) is 0 Å². The molecule has 3 unspecified atom stereocenters. The minimum absolute atomic E-state index is 0.0213. The smallest absolute Gasteiger partial charge is 0.254 e. The van der Waals surface area contributed by atoms with Gasteiger partial charge in [-0.05, 0) is 256 Å². The number of benzene rings is 7.